The zero-order valence-corrected chi connectivity index (χ0v) is 17.0. The molecule has 0 aliphatic rings. The lowest BCUT2D eigenvalue weighted by Gasteiger charge is -2.15. The van der Waals surface area contributed by atoms with Crippen molar-refractivity contribution in [1.82, 2.24) is 4.90 Å². The highest BCUT2D eigenvalue weighted by Gasteiger charge is 2.10. The first-order chi connectivity index (χ1) is 14.1. The van der Waals surface area contributed by atoms with Gasteiger partial charge in [-0.2, -0.15) is 0 Å². The molecule has 7 heteroatoms. The minimum Gasteiger partial charge on any atom is -0.489 e. The van der Waals surface area contributed by atoms with Crippen LogP contribution in [0, 0.1) is 0 Å². The van der Waals surface area contributed by atoms with Crippen LogP contribution < -0.4 is 10.5 Å². The van der Waals surface area contributed by atoms with Gasteiger partial charge in [0, 0.05) is 17.5 Å². The predicted molar refractivity (Wildman–Crippen MR) is 115 cm³/mol. The van der Waals surface area contributed by atoms with Gasteiger partial charge >= 0.3 is 0 Å². The van der Waals surface area contributed by atoms with Crippen LogP contribution in [-0.4, -0.2) is 30.3 Å². The lowest BCUT2D eigenvalue weighted by Crippen LogP contribution is -2.29. The normalized spacial score (nSPS) is 11.1. The Morgan fingerprint density at radius 3 is 2.52 bits per heavy atom. The Balaban J connectivity index is 1.46. The molecule has 0 saturated heterocycles. The molecule has 2 aromatic carbocycles. The van der Waals surface area contributed by atoms with Crippen LogP contribution in [-0.2, 0) is 22.8 Å². The van der Waals surface area contributed by atoms with Gasteiger partial charge in [-0.25, -0.2) is 0 Å². The topological polar surface area (TPSA) is 77.2 Å². The second-order valence-electron chi connectivity index (χ2n) is 6.38. The van der Waals surface area contributed by atoms with Gasteiger partial charge < -0.3 is 20.2 Å². The van der Waals surface area contributed by atoms with Gasteiger partial charge in [-0.15, -0.1) is 11.3 Å². The minimum absolute atomic E-state index is 0.166. The van der Waals surface area contributed by atoms with Crippen LogP contribution in [0.15, 0.2) is 77.3 Å². The molecule has 1 amide bonds. The number of thiophene rings is 1. The standard InChI is InChI=1S/C22H23N3O3S/c1-25(14-20-8-5-13-29-20)21(26)16-28-24-22(23)18-9-11-19(12-10-18)27-15-17-6-3-2-4-7-17/h2-13H,14-16H2,1H3,(H2,23,24). The van der Waals surface area contributed by atoms with Crippen molar-refractivity contribution in [1.29, 1.82) is 0 Å². The molecule has 3 rings (SSSR count). The maximum atomic E-state index is 12.1. The number of carbonyl (C=O) groups is 1. The smallest absolute Gasteiger partial charge is 0.263 e. The summed E-state index contributed by atoms with van der Waals surface area (Å²) in [6.07, 6.45) is 0. The van der Waals surface area contributed by atoms with E-state index in [1.54, 1.807) is 35.4 Å². The number of carbonyl (C=O) groups excluding carboxylic acids is 1. The number of hydrogen-bond acceptors (Lipinski definition) is 5. The molecule has 3 aromatic rings. The summed E-state index contributed by atoms with van der Waals surface area (Å²) in [6.45, 7) is 0.873. The van der Waals surface area contributed by atoms with Crippen LogP contribution in [0.3, 0.4) is 0 Å². The summed E-state index contributed by atoms with van der Waals surface area (Å²) in [5.41, 5.74) is 7.73. The summed E-state index contributed by atoms with van der Waals surface area (Å²) >= 11 is 1.61. The van der Waals surface area contributed by atoms with E-state index >= 15 is 0 Å². The molecule has 0 spiro atoms. The van der Waals surface area contributed by atoms with Gasteiger partial charge in [0.15, 0.2) is 12.4 Å². The van der Waals surface area contributed by atoms with Crippen molar-refractivity contribution in [2.24, 2.45) is 10.9 Å². The number of hydrogen-bond donors (Lipinski definition) is 1. The molecule has 0 fully saturated rings. The van der Waals surface area contributed by atoms with Crippen molar-refractivity contribution in [2.75, 3.05) is 13.7 Å². The van der Waals surface area contributed by atoms with Crippen molar-refractivity contribution in [2.45, 2.75) is 13.2 Å². The molecule has 0 unspecified atom stereocenters. The molecule has 0 aliphatic carbocycles. The summed E-state index contributed by atoms with van der Waals surface area (Å²) in [5, 5.41) is 5.83. The van der Waals surface area contributed by atoms with Crippen LogP contribution in [0.5, 0.6) is 5.75 Å². The van der Waals surface area contributed by atoms with Gasteiger partial charge in [0.05, 0.1) is 6.54 Å². The summed E-state index contributed by atoms with van der Waals surface area (Å²) in [7, 11) is 1.73. The maximum Gasteiger partial charge on any atom is 0.263 e. The molecule has 2 N–H and O–H groups in total. The molecule has 1 aromatic heterocycles. The van der Waals surface area contributed by atoms with Crippen LogP contribution >= 0.6 is 11.3 Å². The summed E-state index contributed by atoms with van der Waals surface area (Å²) in [4.78, 5) is 19.9. The lowest BCUT2D eigenvalue weighted by atomic mass is 10.2. The third-order valence-corrected chi connectivity index (χ3v) is 5.01. The first-order valence-electron chi connectivity index (χ1n) is 9.11. The SMILES string of the molecule is CN(Cc1cccs1)C(=O)CO/N=C(/N)c1ccc(OCc2ccccc2)cc1. The largest absolute Gasteiger partial charge is 0.489 e. The number of nitrogens with two attached hydrogens (primary N) is 1. The van der Waals surface area contributed by atoms with E-state index in [2.05, 4.69) is 5.16 Å². The van der Waals surface area contributed by atoms with Crippen molar-refractivity contribution >= 4 is 23.1 Å². The fourth-order valence-electron chi connectivity index (χ4n) is 2.51. The molecule has 150 valence electrons. The first-order valence-corrected chi connectivity index (χ1v) is 9.99. The Bertz CT molecular complexity index is 926. The summed E-state index contributed by atoms with van der Waals surface area (Å²) < 4.78 is 5.75. The van der Waals surface area contributed by atoms with E-state index in [-0.39, 0.29) is 18.3 Å². The van der Waals surface area contributed by atoms with Gasteiger partial charge in [0.1, 0.15) is 12.4 Å². The Kier molecular flexibility index (Phi) is 7.24. The Hall–Kier alpha value is -3.32. The van der Waals surface area contributed by atoms with E-state index in [1.165, 1.54) is 0 Å². The van der Waals surface area contributed by atoms with E-state index in [1.807, 2.05) is 60.0 Å². The number of rotatable bonds is 9. The number of benzene rings is 2. The van der Waals surface area contributed by atoms with E-state index in [0.717, 1.165) is 16.2 Å². The van der Waals surface area contributed by atoms with E-state index < -0.39 is 0 Å². The van der Waals surface area contributed by atoms with Gasteiger partial charge in [0.25, 0.3) is 5.91 Å². The Morgan fingerprint density at radius 2 is 1.83 bits per heavy atom. The number of oxime groups is 1. The number of nitrogens with zero attached hydrogens (tertiary/aromatic N) is 2. The third kappa shape index (κ3) is 6.36. The Labute approximate surface area is 174 Å². The molecule has 6 nitrogen and oxygen atoms in total. The average molecular weight is 410 g/mol. The van der Waals surface area contributed by atoms with Crippen molar-refractivity contribution in [3.63, 3.8) is 0 Å². The highest BCUT2D eigenvalue weighted by molar-refractivity contribution is 7.09. The number of ether oxygens (including phenoxy) is 1. The molecule has 1 heterocycles. The van der Waals surface area contributed by atoms with Crippen molar-refractivity contribution < 1.29 is 14.4 Å². The molecule has 0 bridgehead atoms. The van der Waals surface area contributed by atoms with E-state index in [9.17, 15) is 4.79 Å². The fraction of sp³-hybridized carbons (Fsp3) is 0.182. The van der Waals surface area contributed by atoms with Gasteiger partial charge in [-0.1, -0.05) is 41.6 Å². The zero-order chi connectivity index (χ0) is 20.5. The monoisotopic (exact) mass is 409 g/mol. The quantitative estimate of drug-likeness (QED) is 0.333. The predicted octanol–water partition coefficient (Wildman–Crippen LogP) is 3.62. The zero-order valence-electron chi connectivity index (χ0n) is 16.2. The maximum absolute atomic E-state index is 12.1. The third-order valence-electron chi connectivity index (χ3n) is 4.15. The Morgan fingerprint density at radius 1 is 1.07 bits per heavy atom. The van der Waals surface area contributed by atoms with Gasteiger partial charge in [-0.3, -0.25) is 4.79 Å². The number of likely N-dealkylation sites (N-methyl/N-ethyl adjacent to an activating group) is 1. The van der Waals surface area contributed by atoms with Crippen LogP contribution in [0.1, 0.15) is 16.0 Å². The summed E-state index contributed by atoms with van der Waals surface area (Å²) in [6, 6.07) is 21.1. The van der Waals surface area contributed by atoms with Crippen LogP contribution in [0.25, 0.3) is 0 Å². The second-order valence-corrected chi connectivity index (χ2v) is 7.41. The van der Waals surface area contributed by atoms with Gasteiger partial charge in [0.2, 0.25) is 0 Å². The first kappa shape index (κ1) is 20.4. The highest BCUT2D eigenvalue weighted by Crippen LogP contribution is 2.14. The summed E-state index contributed by atoms with van der Waals surface area (Å²) in [5.74, 6) is 0.768. The van der Waals surface area contributed by atoms with Gasteiger partial charge in [-0.05, 0) is 41.3 Å². The molecule has 0 saturated carbocycles. The molecule has 29 heavy (non-hydrogen) atoms. The lowest BCUT2D eigenvalue weighted by molar-refractivity contribution is -0.135. The van der Waals surface area contributed by atoms with Crippen LogP contribution in [0.2, 0.25) is 0 Å². The average Bonchev–Trinajstić information content (AvgIpc) is 3.26. The molecule has 0 aliphatic heterocycles. The van der Waals surface area contributed by atoms with Crippen molar-refractivity contribution in [3.8, 4) is 5.75 Å². The van der Waals surface area contributed by atoms with E-state index in [4.69, 9.17) is 15.3 Å². The second kappa shape index (κ2) is 10.3. The molecular formula is C22H23N3O3S. The molecule has 0 radical (unpaired) electrons. The van der Waals surface area contributed by atoms with E-state index in [0.29, 0.717) is 18.7 Å². The fourth-order valence-corrected chi connectivity index (χ4v) is 3.26. The molecular weight excluding hydrogens is 386 g/mol. The minimum atomic E-state index is -0.167. The number of amidine groups is 1. The molecule has 0 atom stereocenters. The highest BCUT2D eigenvalue weighted by atomic mass is 32.1. The van der Waals surface area contributed by atoms with Crippen LogP contribution in [0.4, 0.5) is 0 Å². The van der Waals surface area contributed by atoms with Crippen molar-refractivity contribution in [3.05, 3.63) is 88.1 Å². The number of amides is 1.